The van der Waals surface area contributed by atoms with Crippen molar-refractivity contribution in [3.8, 4) is 0 Å². The van der Waals surface area contributed by atoms with Crippen LogP contribution in [0.25, 0.3) is 0 Å². The van der Waals surface area contributed by atoms with Crippen LogP contribution in [-0.4, -0.2) is 55.6 Å². The van der Waals surface area contributed by atoms with Gasteiger partial charge in [-0.3, -0.25) is 0 Å². The second-order valence-corrected chi connectivity index (χ2v) is 10.9. The Morgan fingerprint density at radius 1 is 0.545 bits per heavy atom. The summed E-state index contributed by atoms with van der Waals surface area (Å²) in [5, 5.41) is 10.6. The number of ether oxygens (including phenoxy) is 6. The van der Waals surface area contributed by atoms with E-state index in [9.17, 15) is 5.11 Å². The average Bonchev–Trinajstić information content (AvgIpc) is 3.08. The number of benzene rings is 4. The molecule has 0 spiro atoms. The highest BCUT2D eigenvalue weighted by molar-refractivity contribution is 5.16. The van der Waals surface area contributed by atoms with E-state index >= 15 is 0 Å². The van der Waals surface area contributed by atoms with E-state index in [-0.39, 0.29) is 13.0 Å². The molecule has 4 aromatic rings. The summed E-state index contributed by atoms with van der Waals surface area (Å²) in [7, 11) is 1.48. The lowest BCUT2D eigenvalue weighted by Crippen LogP contribution is -2.61. The molecule has 1 saturated heterocycles. The Balaban J connectivity index is 1.43. The molecule has 0 saturated carbocycles. The van der Waals surface area contributed by atoms with Crippen LogP contribution in [-0.2, 0) is 54.8 Å². The molecule has 1 N–H and O–H groups in total. The molecular formula is C37H42O7. The number of methoxy groups -OCH3 is 1. The van der Waals surface area contributed by atoms with Crippen LogP contribution in [0.1, 0.15) is 28.7 Å². The summed E-state index contributed by atoms with van der Waals surface area (Å²) in [5.41, 5.74) is 4.16. The van der Waals surface area contributed by atoms with Crippen molar-refractivity contribution in [3.05, 3.63) is 144 Å². The molecule has 1 unspecified atom stereocenters. The summed E-state index contributed by atoms with van der Waals surface area (Å²) >= 11 is 0. The first kappa shape index (κ1) is 32.0. The maximum absolute atomic E-state index is 10.6. The van der Waals surface area contributed by atoms with E-state index < -0.39 is 36.8 Å². The highest BCUT2D eigenvalue weighted by atomic mass is 16.6. The van der Waals surface area contributed by atoms with Gasteiger partial charge in [-0.25, -0.2) is 0 Å². The summed E-state index contributed by atoms with van der Waals surface area (Å²) in [6.07, 6.45) is -3.49. The largest absolute Gasteiger partial charge is 0.374 e. The van der Waals surface area contributed by atoms with Crippen molar-refractivity contribution in [2.45, 2.75) is 69.7 Å². The molecule has 1 fully saturated rings. The fourth-order valence-electron chi connectivity index (χ4n) is 5.37. The molecule has 1 aliphatic heterocycles. The van der Waals surface area contributed by atoms with Gasteiger partial charge in [0.25, 0.3) is 0 Å². The highest BCUT2D eigenvalue weighted by Gasteiger charge is 2.48. The van der Waals surface area contributed by atoms with Gasteiger partial charge in [-0.15, -0.1) is 0 Å². The minimum absolute atomic E-state index is 0.196. The average molecular weight is 599 g/mol. The third-order valence-electron chi connectivity index (χ3n) is 7.69. The zero-order chi connectivity index (χ0) is 30.4. The lowest BCUT2D eigenvalue weighted by atomic mass is 9.92. The lowest BCUT2D eigenvalue weighted by Gasteiger charge is -2.46. The normalized spacial score (nSPS) is 22.5. The summed E-state index contributed by atoms with van der Waals surface area (Å²) in [4.78, 5) is 0. The van der Waals surface area contributed by atoms with Gasteiger partial charge in [0.2, 0.25) is 0 Å². The fraction of sp³-hybridized carbons (Fsp3) is 0.351. The number of hydrogen-bond donors (Lipinski definition) is 1. The van der Waals surface area contributed by atoms with Crippen LogP contribution < -0.4 is 0 Å². The predicted molar refractivity (Wildman–Crippen MR) is 167 cm³/mol. The minimum Gasteiger partial charge on any atom is -0.374 e. The SMILES string of the molecule is COC(O)C[C@@H]1O[C@H](COCc2ccccc2)[C@H](OCc2ccccc2)[C@H](OCc2ccccc2)[C@H]1OCc1ccccc1. The summed E-state index contributed by atoms with van der Waals surface area (Å²) in [6.45, 7) is 1.77. The van der Waals surface area contributed by atoms with Gasteiger partial charge in [0.05, 0.1) is 39.1 Å². The number of aliphatic hydroxyl groups is 1. The van der Waals surface area contributed by atoms with Gasteiger partial charge < -0.3 is 33.5 Å². The smallest absolute Gasteiger partial charge is 0.156 e. The molecule has 1 heterocycles. The van der Waals surface area contributed by atoms with E-state index in [0.29, 0.717) is 26.4 Å². The predicted octanol–water partition coefficient (Wildman–Crippen LogP) is 6.08. The summed E-state index contributed by atoms with van der Waals surface area (Å²) < 4.78 is 38.1. The van der Waals surface area contributed by atoms with E-state index in [1.165, 1.54) is 7.11 Å². The van der Waals surface area contributed by atoms with E-state index in [2.05, 4.69) is 0 Å². The number of hydrogen-bond acceptors (Lipinski definition) is 7. The first-order valence-electron chi connectivity index (χ1n) is 15.1. The Morgan fingerprint density at radius 3 is 1.36 bits per heavy atom. The van der Waals surface area contributed by atoms with Gasteiger partial charge in [-0.05, 0) is 22.3 Å². The van der Waals surface area contributed by atoms with Crippen LogP contribution in [0.5, 0.6) is 0 Å². The molecule has 232 valence electrons. The standard InChI is InChI=1S/C37H42O7/c1-39-34(38)22-32-35(41-24-29-16-8-3-9-17-29)37(43-26-31-20-12-5-13-21-31)36(42-25-30-18-10-4-11-19-30)33(44-32)27-40-23-28-14-6-2-7-15-28/h2-21,32-38H,22-27H2,1H3/t32-,33+,34?,35-,36-,37+/m0/s1. The Labute approximate surface area is 260 Å². The number of rotatable bonds is 16. The summed E-state index contributed by atoms with van der Waals surface area (Å²) in [6, 6.07) is 40.1. The van der Waals surface area contributed by atoms with Crippen LogP contribution in [0.4, 0.5) is 0 Å². The van der Waals surface area contributed by atoms with Gasteiger partial charge in [0.15, 0.2) is 6.29 Å². The van der Waals surface area contributed by atoms with E-state index in [0.717, 1.165) is 22.3 Å². The fourth-order valence-corrected chi connectivity index (χ4v) is 5.37. The van der Waals surface area contributed by atoms with Crippen molar-refractivity contribution in [1.29, 1.82) is 0 Å². The zero-order valence-corrected chi connectivity index (χ0v) is 25.2. The van der Waals surface area contributed by atoms with Crippen molar-refractivity contribution in [2.24, 2.45) is 0 Å². The van der Waals surface area contributed by atoms with Crippen LogP contribution in [0.3, 0.4) is 0 Å². The number of aliphatic hydroxyl groups excluding tert-OH is 1. The maximum Gasteiger partial charge on any atom is 0.156 e. The molecule has 1 aliphatic rings. The molecule has 0 amide bonds. The molecule has 5 rings (SSSR count). The van der Waals surface area contributed by atoms with Crippen molar-refractivity contribution in [3.63, 3.8) is 0 Å². The Morgan fingerprint density at radius 2 is 0.932 bits per heavy atom. The van der Waals surface area contributed by atoms with Crippen LogP contribution in [0.15, 0.2) is 121 Å². The summed E-state index contributed by atoms with van der Waals surface area (Å²) in [5.74, 6) is 0. The molecule has 0 aromatic heterocycles. The Kier molecular flexibility index (Phi) is 12.5. The van der Waals surface area contributed by atoms with Gasteiger partial charge in [0.1, 0.15) is 24.4 Å². The van der Waals surface area contributed by atoms with Crippen molar-refractivity contribution in [1.82, 2.24) is 0 Å². The van der Waals surface area contributed by atoms with E-state index in [4.69, 9.17) is 28.4 Å². The molecule has 7 heteroatoms. The molecule has 0 bridgehead atoms. The zero-order valence-electron chi connectivity index (χ0n) is 25.2. The van der Waals surface area contributed by atoms with Crippen molar-refractivity contribution < 1.29 is 33.5 Å². The third-order valence-corrected chi connectivity index (χ3v) is 7.69. The Bertz CT molecular complexity index is 1320. The first-order chi connectivity index (χ1) is 21.7. The maximum atomic E-state index is 10.6. The molecule has 7 nitrogen and oxygen atoms in total. The van der Waals surface area contributed by atoms with Crippen LogP contribution in [0.2, 0.25) is 0 Å². The first-order valence-corrected chi connectivity index (χ1v) is 15.1. The van der Waals surface area contributed by atoms with E-state index in [1.54, 1.807) is 0 Å². The topological polar surface area (TPSA) is 75.6 Å². The van der Waals surface area contributed by atoms with Gasteiger partial charge >= 0.3 is 0 Å². The van der Waals surface area contributed by atoms with Gasteiger partial charge in [-0.1, -0.05) is 121 Å². The van der Waals surface area contributed by atoms with Gasteiger partial charge in [0, 0.05) is 13.5 Å². The quantitative estimate of drug-likeness (QED) is 0.157. The molecule has 6 atom stereocenters. The highest BCUT2D eigenvalue weighted by Crippen LogP contribution is 2.33. The lowest BCUT2D eigenvalue weighted by molar-refractivity contribution is -0.281. The van der Waals surface area contributed by atoms with Crippen molar-refractivity contribution >= 4 is 0 Å². The molecule has 0 radical (unpaired) electrons. The molecule has 4 aromatic carbocycles. The molecule has 0 aliphatic carbocycles. The Hall–Kier alpha value is -3.40. The molecule has 44 heavy (non-hydrogen) atoms. The second-order valence-electron chi connectivity index (χ2n) is 10.9. The van der Waals surface area contributed by atoms with Crippen molar-refractivity contribution in [2.75, 3.05) is 13.7 Å². The van der Waals surface area contributed by atoms with Crippen LogP contribution in [0, 0.1) is 0 Å². The minimum atomic E-state index is -1.04. The van der Waals surface area contributed by atoms with Gasteiger partial charge in [-0.2, -0.15) is 0 Å². The molecular weight excluding hydrogens is 556 g/mol. The second kappa shape index (κ2) is 17.2. The van der Waals surface area contributed by atoms with E-state index in [1.807, 2.05) is 121 Å². The monoisotopic (exact) mass is 598 g/mol. The third kappa shape index (κ3) is 9.55. The van der Waals surface area contributed by atoms with Crippen LogP contribution >= 0.6 is 0 Å².